The van der Waals surface area contributed by atoms with Crippen LogP contribution >= 0.6 is 11.3 Å². The molecule has 2 aromatic heterocycles. The van der Waals surface area contributed by atoms with Crippen LogP contribution in [0.15, 0.2) is 88.3 Å². The Morgan fingerprint density at radius 3 is 2.61 bits per heavy atom. The number of methoxy groups -OCH3 is 1. The van der Waals surface area contributed by atoms with Crippen LogP contribution in [0.5, 0.6) is 5.75 Å². The van der Waals surface area contributed by atoms with Crippen molar-refractivity contribution < 1.29 is 13.9 Å². The number of nitrogens with one attached hydrogen (secondary N) is 1. The van der Waals surface area contributed by atoms with Crippen molar-refractivity contribution in [3.05, 3.63) is 100 Å². The second-order valence-corrected chi connectivity index (χ2v) is 9.34. The zero-order valence-electron chi connectivity index (χ0n) is 20.2. The molecule has 3 aromatic carbocycles. The van der Waals surface area contributed by atoms with Gasteiger partial charge in [0.25, 0.3) is 5.91 Å². The molecule has 0 aliphatic rings. The van der Waals surface area contributed by atoms with Gasteiger partial charge >= 0.3 is 0 Å². The van der Waals surface area contributed by atoms with Crippen LogP contribution in [0.3, 0.4) is 0 Å². The molecule has 0 spiro atoms. The van der Waals surface area contributed by atoms with E-state index in [2.05, 4.69) is 17.2 Å². The fraction of sp³-hybridized carbons (Fsp3) is 0.138. The van der Waals surface area contributed by atoms with Crippen molar-refractivity contribution in [3.8, 4) is 17.0 Å². The van der Waals surface area contributed by atoms with Crippen molar-refractivity contribution >= 4 is 39.0 Å². The Labute approximate surface area is 212 Å². The number of rotatable bonds is 6. The first-order valence-electron chi connectivity index (χ1n) is 11.6. The number of thiazole rings is 1. The smallest absolute Gasteiger partial charge is 0.262 e. The van der Waals surface area contributed by atoms with Crippen LogP contribution in [0.4, 0.5) is 10.8 Å². The van der Waals surface area contributed by atoms with Gasteiger partial charge in [0.05, 0.1) is 18.5 Å². The molecule has 0 aliphatic carbocycles. The summed E-state index contributed by atoms with van der Waals surface area (Å²) in [5, 5.41) is 4.24. The molecule has 5 aromatic rings. The molecule has 0 unspecified atom stereocenters. The van der Waals surface area contributed by atoms with E-state index in [-0.39, 0.29) is 11.5 Å². The van der Waals surface area contributed by atoms with Gasteiger partial charge in [-0.15, -0.1) is 11.3 Å². The van der Waals surface area contributed by atoms with E-state index in [0.29, 0.717) is 27.7 Å². The average molecular weight is 496 g/mol. The van der Waals surface area contributed by atoms with Gasteiger partial charge in [-0.1, -0.05) is 61.5 Å². The highest BCUT2D eigenvalue weighted by Gasteiger charge is 2.18. The zero-order valence-corrected chi connectivity index (χ0v) is 21.1. The maximum Gasteiger partial charge on any atom is 0.262 e. The van der Waals surface area contributed by atoms with Crippen LogP contribution in [0, 0.1) is 6.92 Å². The van der Waals surface area contributed by atoms with Crippen molar-refractivity contribution in [1.29, 1.82) is 0 Å². The highest BCUT2D eigenvalue weighted by molar-refractivity contribution is 7.16. The average Bonchev–Trinajstić information content (AvgIpc) is 3.31. The summed E-state index contributed by atoms with van der Waals surface area (Å²) in [6.07, 6.45) is 0.816. The molecule has 0 bridgehead atoms. The van der Waals surface area contributed by atoms with E-state index >= 15 is 0 Å². The number of carbonyl (C=O) groups is 1. The third kappa shape index (κ3) is 4.78. The number of fused-ring (bicyclic) bond motifs is 1. The van der Waals surface area contributed by atoms with E-state index in [1.807, 2.05) is 79.7 Å². The minimum absolute atomic E-state index is 0.200. The first kappa shape index (κ1) is 23.5. The maximum atomic E-state index is 13.5. The van der Waals surface area contributed by atoms with Crippen LogP contribution in [0.1, 0.15) is 27.7 Å². The van der Waals surface area contributed by atoms with E-state index in [9.17, 15) is 4.79 Å². The van der Waals surface area contributed by atoms with Gasteiger partial charge in [0.1, 0.15) is 5.56 Å². The monoisotopic (exact) mass is 495 g/mol. The molecule has 5 rings (SSSR count). The number of hydrogen-bond acceptors (Lipinski definition) is 6. The van der Waals surface area contributed by atoms with Crippen LogP contribution < -0.4 is 15.6 Å². The van der Waals surface area contributed by atoms with Crippen molar-refractivity contribution in [2.24, 2.45) is 4.99 Å². The van der Waals surface area contributed by atoms with Gasteiger partial charge in [-0.05, 0) is 43.2 Å². The summed E-state index contributed by atoms with van der Waals surface area (Å²) in [5.74, 6) is 0.228. The molecule has 0 fully saturated rings. The third-order valence-electron chi connectivity index (χ3n) is 5.72. The molecule has 0 saturated heterocycles. The molecule has 2 heterocycles. The van der Waals surface area contributed by atoms with E-state index in [4.69, 9.17) is 14.1 Å². The molecule has 6 nitrogen and oxygen atoms in total. The number of aryl methyl sites for hydroxylation is 2. The molecule has 1 amide bonds. The lowest BCUT2D eigenvalue weighted by atomic mass is 10.1. The molecule has 0 atom stereocenters. The molecule has 7 heteroatoms. The van der Waals surface area contributed by atoms with Crippen molar-refractivity contribution in [1.82, 2.24) is 4.98 Å². The van der Waals surface area contributed by atoms with Crippen LogP contribution in [0.25, 0.3) is 22.2 Å². The zero-order chi connectivity index (χ0) is 25.1. The third-order valence-corrected chi connectivity index (χ3v) is 6.84. The second kappa shape index (κ2) is 10.2. The lowest BCUT2D eigenvalue weighted by molar-refractivity contribution is 0.102. The Bertz CT molecular complexity index is 1620. The van der Waals surface area contributed by atoms with Gasteiger partial charge in [0.2, 0.25) is 5.55 Å². The molecular weight excluding hydrogens is 470 g/mol. The quantitative estimate of drug-likeness (QED) is 0.277. The highest BCUT2D eigenvalue weighted by Crippen LogP contribution is 2.32. The van der Waals surface area contributed by atoms with Crippen molar-refractivity contribution in [3.63, 3.8) is 0 Å². The first-order valence-corrected chi connectivity index (χ1v) is 12.5. The molecule has 0 radical (unpaired) electrons. The SMILES string of the molecule is CCc1sc(NC(=O)c2cc3cccc(OC)c3oc2=Nc2cccc(C)c2)nc1-c1ccccc1. The molecular formula is C29H25N3O3S. The van der Waals surface area contributed by atoms with Crippen LogP contribution in [-0.2, 0) is 6.42 Å². The fourth-order valence-corrected chi connectivity index (χ4v) is 4.90. The van der Waals surface area contributed by atoms with Gasteiger partial charge in [0, 0.05) is 15.8 Å². The normalized spacial score (nSPS) is 11.6. The molecule has 36 heavy (non-hydrogen) atoms. The molecule has 0 aliphatic heterocycles. The number of benzene rings is 3. The summed E-state index contributed by atoms with van der Waals surface area (Å²) < 4.78 is 11.6. The summed E-state index contributed by atoms with van der Waals surface area (Å²) in [4.78, 5) is 24.1. The second-order valence-electron chi connectivity index (χ2n) is 8.26. The van der Waals surface area contributed by atoms with E-state index in [1.54, 1.807) is 13.2 Å². The highest BCUT2D eigenvalue weighted by atomic mass is 32.1. The van der Waals surface area contributed by atoms with Crippen LogP contribution in [-0.4, -0.2) is 18.0 Å². The Hall–Kier alpha value is -4.23. The molecule has 180 valence electrons. The number of ether oxygens (including phenoxy) is 1. The lowest BCUT2D eigenvalue weighted by Gasteiger charge is -2.08. The number of anilines is 1. The van der Waals surface area contributed by atoms with Gasteiger partial charge in [-0.25, -0.2) is 9.98 Å². The first-order chi connectivity index (χ1) is 17.6. The minimum Gasteiger partial charge on any atom is -0.493 e. The van der Waals surface area contributed by atoms with Gasteiger partial charge in [0.15, 0.2) is 16.5 Å². The number of carbonyl (C=O) groups excluding carboxylic acids is 1. The standard InChI is InChI=1S/C29H25N3O3S/c1-4-24-25(19-11-6-5-7-12-19)31-29(36-24)32-27(33)22-17-20-13-9-15-23(34-3)26(20)35-28(22)30-21-14-8-10-18(2)16-21/h5-17H,4H2,1-3H3,(H,31,32,33). The van der Waals surface area contributed by atoms with Crippen LogP contribution in [0.2, 0.25) is 0 Å². The number of aromatic nitrogens is 1. The van der Waals surface area contributed by atoms with Gasteiger partial charge in [-0.3, -0.25) is 10.1 Å². The number of para-hydroxylation sites is 1. The van der Waals surface area contributed by atoms with E-state index in [0.717, 1.165) is 33.5 Å². The lowest BCUT2D eigenvalue weighted by Crippen LogP contribution is -2.21. The minimum atomic E-state index is -0.342. The van der Waals surface area contributed by atoms with Crippen molar-refractivity contribution in [2.75, 3.05) is 12.4 Å². The predicted octanol–water partition coefficient (Wildman–Crippen LogP) is 6.92. The summed E-state index contributed by atoms with van der Waals surface area (Å²) >= 11 is 1.47. The van der Waals surface area contributed by atoms with E-state index in [1.165, 1.54) is 11.3 Å². The van der Waals surface area contributed by atoms with Gasteiger partial charge < -0.3 is 9.15 Å². The summed E-state index contributed by atoms with van der Waals surface area (Å²) in [6.45, 7) is 4.07. The Kier molecular flexibility index (Phi) is 6.64. The number of hydrogen-bond donors (Lipinski definition) is 1. The Balaban J connectivity index is 1.60. The summed E-state index contributed by atoms with van der Waals surface area (Å²) in [7, 11) is 1.58. The van der Waals surface area contributed by atoms with Crippen molar-refractivity contribution in [2.45, 2.75) is 20.3 Å². The Morgan fingerprint density at radius 2 is 1.86 bits per heavy atom. The fourth-order valence-electron chi connectivity index (χ4n) is 3.98. The summed E-state index contributed by atoms with van der Waals surface area (Å²) in [5.41, 5.74) is 4.69. The molecule has 1 N–H and O–H groups in total. The maximum absolute atomic E-state index is 13.5. The number of amides is 1. The van der Waals surface area contributed by atoms with Gasteiger partial charge in [-0.2, -0.15) is 0 Å². The molecule has 0 saturated carbocycles. The summed E-state index contributed by atoms with van der Waals surface area (Å²) in [6, 6.07) is 25.0. The Morgan fingerprint density at radius 1 is 1.06 bits per heavy atom. The largest absolute Gasteiger partial charge is 0.493 e. The van der Waals surface area contributed by atoms with E-state index < -0.39 is 0 Å². The number of nitrogens with zero attached hydrogens (tertiary/aromatic N) is 2. The topological polar surface area (TPSA) is 76.7 Å². The predicted molar refractivity (Wildman–Crippen MR) is 144 cm³/mol.